The molecule has 2 heterocycles. The van der Waals surface area contributed by atoms with Gasteiger partial charge in [-0.2, -0.15) is 0 Å². The van der Waals surface area contributed by atoms with E-state index in [1.54, 1.807) is 19.3 Å². The second-order valence-electron chi connectivity index (χ2n) is 12.5. The van der Waals surface area contributed by atoms with E-state index in [0.29, 0.717) is 24.3 Å². The van der Waals surface area contributed by atoms with Crippen LogP contribution < -0.4 is 15.0 Å². The van der Waals surface area contributed by atoms with Crippen molar-refractivity contribution in [2.75, 3.05) is 10.2 Å². The molecule has 0 fully saturated rings. The van der Waals surface area contributed by atoms with E-state index < -0.39 is 11.0 Å². The number of nitrogens with one attached hydrogen (secondary N) is 1. The van der Waals surface area contributed by atoms with E-state index in [1.807, 2.05) is 102 Å². The number of fused-ring (bicyclic) bond motifs is 1. The maximum Gasteiger partial charge on any atom is 0.255 e. The Morgan fingerprint density at radius 1 is 0.844 bits per heavy atom. The number of anilines is 2. The van der Waals surface area contributed by atoms with Crippen molar-refractivity contribution < 1.29 is 14.3 Å². The molecule has 0 bridgehead atoms. The third-order valence-corrected chi connectivity index (χ3v) is 8.67. The topological polar surface area (TPSA) is 71.5 Å². The largest absolute Gasteiger partial charge is 0.489 e. The molecule has 1 aliphatic rings. The predicted octanol–water partition coefficient (Wildman–Crippen LogP) is 8.42. The molecule has 6 rings (SSSR count). The van der Waals surface area contributed by atoms with Crippen molar-refractivity contribution in [3.63, 3.8) is 0 Å². The van der Waals surface area contributed by atoms with Crippen LogP contribution in [0.25, 0.3) is 11.1 Å². The Morgan fingerprint density at radius 2 is 1.56 bits per heavy atom. The Kier molecular flexibility index (Phi) is 7.98. The lowest BCUT2D eigenvalue weighted by Gasteiger charge is -2.51. The van der Waals surface area contributed by atoms with Gasteiger partial charge in [-0.3, -0.25) is 14.6 Å². The lowest BCUT2D eigenvalue weighted by Crippen LogP contribution is -2.55. The molecule has 1 unspecified atom stereocenters. The fourth-order valence-electron chi connectivity index (χ4n) is 6.69. The van der Waals surface area contributed by atoms with Gasteiger partial charge in [0.1, 0.15) is 12.4 Å². The van der Waals surface area contributed by atoms with Crippen LogP contribution in [0.3, 0.4) is 0 Å². The normalized spacial score (nSPS) is 16.8. The molecule has 0 spiro atoms. The van der Waals surface area contributed by atoms with Gasteiger partial charge in [-0.1, -0.05) is 67.6 Å². The first kappa shape index (κ1) is 29.8. The van der Waals surface area contributed by atoms with E-state index in [9.17, 15) is 9.59 Å². The van der Waals surface area contributed by atoms with Crippen LogP contribution in [-0.4, -0.2) is 22.3 Å². The average Bonchev–Trinajstić information content (AvgIpc) is 3.04. The number of nitrogens with zero attached hydrogens (tertiary/aromatic N) is 2. The van der Waals surface area contributed by atoms with Crippen molar-refractivity contribution in [3.05, 3.63) is 144 Å². The van der Waals surface area contributed by atoms with Crippen molar-refractivity contribution in [1.82, 2.24) is 4.98 Å². The van der Waals surface area contributed by atoms with Gasteiger partial charge in [0.25, 0.3) is 5.91 Å². The summed E-state index contributed by atoms with van der Waals surface area (Å²) in [6, 6.07) is 35.6. The summed E-state index contributed by atoms with van der Waals surface area (Å²) in [5.41, 5.74) is 6.47. The number of carbonyl (C=O) groups is 2. The van der Waals surface area contributed by atoms with Crippen molar-refractivity contribution >= 4 is 23.2 Å². The zero-order chi connectivity index (χ0) is 31.6. The van der Waals surface area contributed by atoms with Crippen molar-refractivity contribution in [2.45, 2.75) is 51.7 Å². The second-order valence-corrected chi connectivity index (χ2v) is 12.5. The molecule has 45 heavy (non-hydrogen) atoms. The average molecular weight is 596 g/mol. The first-order valence-corrected chi connectivity index (χ1v) is 15.2. The van der Waals surface area contributed by atoms with Crippen molar-refractivity contribution in [1.29, 1.82) is 0 Å². The molecule has 0 aliphatic carbocycles. The SMILES string of the molecule is CC(=O)N1c2ccc(NC(=O)c3ccc(-c4ccccc4)cc3)cc2C(C)(c2ccc(OCc3cccnc3)cc2)CC1(C)C. The molecule has 6 heteroatoms. The van der Waals surface area contributed by atoms with Crippen LogP contribution in [0.1, 0.15) is 61.2 Å². The van der Waals surface area contributed by atoms with E-state index in [1.165, 1.54) is 0 Å². The number of pyridine rings is 1. The summed E-state index contributed by atoms with van der Waals surface area (Å²) in [4.78, 5) is 32.4. The zero-order valence-corrected chi connectivity index (χ0v) is 26.1. The molecule has 4 aromatic carbocycles. The van der Waals surface area contributed by atoms with Gasteiger partial charge < -0.3 is 15.0 Å². The minimum Gasteiger partial charge on any atom is -0.489 e. The van der Waals surface area contributed by atoms with Crippen LogP contribution >= 0.6 is 0 Å². The van der Waals surface area contributed by atoms with Gasteiger partial charge in [-0.15, -0.1) is 0 Å². The van der Waals surface area contributed by atoms with E-state index in [4.69, 9.17) is 4.74 Å². The molecule has 0 saturated heterocycles. The third kappa shape index (κ3) is 6.09. The highest BCUT2D eigenvalue weighted by Crippen LogP contribution is 2.51. The molecule has 1 N–H and O–H groups in total. The summed E-state index contributed by atoms with van der Waals surface area (Å²) in [6.07, 6.45) is 4.24. The summed E-state index contributed by atoms with van der Waals surface area (Å²) in [7, 11) is 0. The molecule has 1 aromatic heterocycles. The number of rotatable bonds is 7. The highest BCUT2D eigenvalue weighted by molar-refractivity contribution is 6.05. The molecular formula is C39H37N3O3. The summed E-state index contributed by atoms with van der Waals surface area (Å²) in [6.45, 7) is 8.47. The molecule has 1 atom stereocenters. The number of hydrogen-bond acceptors (Lipinski definition) is 4. The fraction of sp³-hybridized carbons (Fsp3) is 0.205. The van der Waals surface area contributed by atoms with Crippen molar-refractivity contribution in [3.8, 4) is 16.9 Å². The number of amides is 2. The van der Waals surface area contributed by atoms with Crippen LogP contribution in [0.5, 0.6) is 5.75 Å². The second kappa shape index (κ2) is 12.0. The minimum atomic E-state index is -0.440. The molecule has 6 nitrogen and oxygen atoms in total. The van der Waals surface area contributed by atoms with E-state index >= 15 is 0 Å². The lowest BCUT2D eigenvalue weighted by molar-refractivity contribution is -0.117. The van der Waals surface area contributed by atoms with Gasteiger partial charge in [0.15, 0.2) is 0 Å². The molecule has 0 saturated carbocycles. The minimum absolute atomic E-state index is 0.0160. The number of ether oxygens (including phenoxy) is 1. The van der Waals surface area contributed by atoms with Crippen LogP contribution in [-0.2, 0) is 16.8 Å². The number of carbonyl (C=O) groups excluding carboxylic acids is 2. The maximum absolute atomic E-state index is 13.3. The van der Waals surface area contributed by atoms with Gasteiger partial charge in [0.2, 0.25) is 5.91 Å². The summed E-state index contributed by atoms with van der Waals surface area (Å²) < 4.78 is 6.02. The van der Waals surface area contributed by atoms with Crippen LogP contribution in [0.2, 0.25) is 0 Å². The predicted molar refractivity (Wildman–Crippen MR) is 180 cm³/mol. The highest BCUT2D eigenvalue weighted by Gasteiger charge is 2.47. The zero-order valence-electron chi connectivity index (χ0n) is 26.1. The Balaban J connectivity index is 1.29. The number of benzene rings is 4. The van der Waals surface area contributed by atoms with Gasteiger partial charge in [-0.05, 0) is 91.1 Å². The Morgan fingerprint density at radius 3 is 2.22 bits per heavy atom. The van der Waals surface area contributed by atoms with E-state index in [-0.39, 0.29) is 11.8 Å². The Hall–Kier alpha value is -5.23. The van der Waals surface area contributed by atoms with E-state index in [2.05, 4.69) is 43.2 Å². The summed E-state index contributed by atoms with van der Waals surface area (Å²) in [5.74, 6) is 0.565. The van der Waals surface area contributed by atoms with Crippen LogP contribution in [0.15, 0.2) is 122 Å². The summed E-state index contributed by atoms with van der Waals surface area (Å²) >= 11 is 0. The first-order valence-electron chi connectivity index (χ1n) is 15.2. The quantitative estimate of drug-likeness (QED) is 0.205. The molecule has 5 aromatic rings. The molecule has 2 amide bonds. The summed E-state index contributed by atoms with van der Waals surface area (Å²) in [5, 5.41) is 3.10. The lowest BCUT2D eigenvalue weighted by atomic mass is 9.65. The van der Waals surface area contributed by atoms with Gasteiger partial charge >= 0.3 is 0 Å². The smallest absolute Gasteiger partial charge is 0.255 e. The van der Waals surface area contributed by atoms with E-state index in [0.717, 1.165) is 39.3 Å². The van der Waals surface area contributed by atoms with Gasteiger partial charge in [0.05, 0.1) is 0 Å². The fourth-order valence-corrected chi connectivity index (χ4v) is 6.69. The Bertz CT molecular complexity index is 1820. The number of hydrogen-bond donors (Lipinski definition) is 1. The molecular weight excluding hydrogens is 558 g/mol. The van der Waals surface area contributed by atoms with Crippen molar-refractivity contribution in [2.24, 2.45) is 0 Å². The number of aromatic nitrogens is 1. The molecule has 1 aliphatic heterocycles. The van der Waals surface area contributed by atoms with Gasteiger partial charge in [0, 0.05) is 52.8 Å². The third-order valence-electron chi connectivity index (χ3n) is 8.67. The standard InChI is InChI=1S/C39H37N3O3/c1-27(43)42-36-21-18-33(41-37(44)31-14-12-30(13-15-31)29-10-6-5-7-11-29)23-35(36)39(4,26-38(42,2)3)32-16-19-34(20-17-32)45-25-28-9-8-22-40-24-28/h5-24H,25-26H2,1-4H3,(H,41,44). The maximum atomic E-state index is 13.3. The van der Waals surface area contributed by atoms with Crippen LogP contribution in [0.4, 0.5) is 11.4 Å². The van der Waals surface area contributed by atoms with Gasteiger partial charge in [-0.25, -0.2) is 0 Å². The highest BCUT2D eigenvalue weighted by atomic mass is 16.5. The first-order chi connectivity index (χ1) is 21.6. The Labute approximate surface area is 264 Å². The molecule has 0 radical (unpaired) electrons. The monoisotopic (exact) mass is 595 g/mol. The van der Waals surface area contributed by atoms with Crippen LogP contribution in [0, 0.1) is 0 Å². The molecule has 226 valence electrons.